The van der Waals surface area contributed by atoms with Crippen LogP contribution >= 0.6 is 0 Å². The third-order valence-corrected chi connectivity index (χ3v) is 2.04. The maximum atomic E-state index is 12.3. The van der Waals surface area contributed by atoms with Crippen LogP contribution in [-0.4, -0.2) is 10.2 Å². The lowest BCUT2D eigenvalue weighted by Crippen LogP contribution is -2.05. The van der Waals surface area contributed by atoms with Crippen LogP contribution in [0, 0.1) is 0 Å². The summed E-state index contributed by atoms with van der Waals surface area (Å²) in [4.78, 5) is 0. The van der Waals surface area contributed by atoms with Gasteiger partial charge in [-0.3, -0.25) is 0 Å². The second-order valence-electron chi connectivity index (χ2n) is 3.58. The standard InChI is InChI=1S/C10H11F3O2/c1-5(2)9-7(14)3-6(4-8(9)15)10(11,12)13/h3-5,14-15H,1-2H3. The van der Waals surface area contributed by atoms with Crippen LogP contribution in [0.15, 0.2) is 12.1 Å². The molecule has 0 amide bonds. The van der Waals surface area contributed by atoms with Crippen LogP contribution in [0.1, 0.15) is 30.9 Å². The van der Waals surface area contributed by atoms with Crippen LogP contribution in [0.2, 0.25) is 0 Å². The number of rotatable bonds is 1. The Morgan fingerprint density at radius 3 is 1.73 bits per heavy atom. The van der Waals surface area contributed by atoms with E-state index in [2.05, 4.69) is 0 Å². The van der Waals surface area contributed by atoms with Gasteiger partial charge >= 0.3 is 6.18 Å². The molecule has 0 saturated heterocycles. The Morgan fingerprint density at radius 2 is 1.47 bits per heavy atom. The maximum absolute atomic E-state index is 12.3. The summed E-state index contributed by atoms with van der Waals surface area (Å²) in [5.74, 6) is -1.30. The highest BCUT2D eigenvalue weighted by Gasteiger charge is 2.32. The van der Waals surface area contributed by atoms with Gasteiger partial charge in [-0.05, 0) is 18.1 Å². The van der Waals surface area contributed by atoms with Gasteiger partial charge < -0.3 is 10.2 Å². The van der Waals surface area contributed by atoms with Gasteiger partial charge in [-0.15, -0.1) is 0 Å². The van der Waals surface area contributed by atoms with Crippen molar-refractivity contribution < 1.29 is 23.4 Å². The molecule has 2 N–H and O–H groups in total. The molecule has 5 heteroatoms. The summed E-state index contributed by atoms with van der Waals surface area (Å²) in [5, 5.41) is 18.7. The Kier molecular flexibility index (Phi) is 2.83. The molecule has 0 saturated carbocycles. The van der Waals surface area contributed by atoms with Gasteiger partial charge in [-0.1, -0.05) is 13.8 Å². The minimum atomic E-state index is -4.57. The molecule has 0 heterocycles. The van der Waals surface area contributed by atoms with Crippen molar-refractivity contribution in [3.63, 3.8) is 0 Å². The van der Waals surface area contributed by atoms with Gasteiger partial charge in [0.1, 0.15) is 11.5 Å². The lowest BCUT2D eigenvalue weighted by atomic mass is 9.99. The number of hydrogen-bond acceptors (Lipinski definition) is 2. The SMILES string of the molecule is CC(C)c1c(O)cc(C(F)(F)F)cc1O. The number of alkyl halides is 3. The van der Waals surface area contributed by atoms with E-state index in [-0.39, 0.29) is 11.5 Å². The largest absolute Gasteiger partial charge is 0.508 e. The van der Waals surface area contributed by atoms with E-state index in [1.165, 1.54) is 0 Å². The summed E-state index contributed by atoms with van der Waals surface area (Å²) in [5.41, 5.74) is -0.926. The fraction of sp³-hybridized carbons (Fsp3) is 0.400. The smallest absolute Gasteiger partial charge is 0.416 e. The zero-order valence-electron chi connectivity index (χ0n) is 8.26. The molecule has 15 heavy (non-hydrogen) atoms. The first-order valence-corrected chi connectivity index (χ1v) is 4.36. The molecular formula is C10H11F3O2. The first-order valence-electron chi connectivity index (χ1n) is 4.36. The van der Waals surface area contributed by atoms with E-state index in [0.29, 0.717) is 12.1 Å². The second kappa shape index (κ2) is 3.64. The van der Waals surface area contributed by atoms with Crippen molar-refractivity contribution in [1.82, 2.24) is 0 Å². The fourth-order valence-electron chi connectivity index (χ4n) is 1.38. The van der Waals surface area contributed by atoms with Gasteiger partial charge in [-0.2, -0.15) is 13.2 Å². The van der Waals surface area contributed by atoms with Gasteiger partial charge in [0, 0.05) is 5.56 Å². The molecule has 0 aliphatic carbocycles. The Morgan fingerprint density at radius 1 is 1.07 bits per heavy atom. The van der Waals surface area contributed by atoms with Crippen molar-refractivity contribution in [3.8, 4) is 11.5 Å². The third-order valence-electron chi connectivity index (χ3n) is 2.04. The summed E-state index contributed by atoms with van der Waals surface area (Å²) >= 11 is 0. The Balaban J connectivity index is 3.32. The summed E-state index contributed by atoms with van der Waals surface area (Å²) in [6.45, 7) is 3.34. The zero-order chi connectivity index (χ0) is 11.8. The van der Waals surface area contributed by atoms with E-state index in [4.69, 9.17) is 0 Å². The molecule has 1 rings (SSSR count). The van der Waals surface area contributed by atoms with Crippen LogP contribution in [-0.2, 0) is 6.18 Å². The molecule has 0 atom stereocenters. The lowest BCUT2D eigenvalue weighted by molar-refractivity contribution is -0.137. The van der Waals surface area contributed by atoms with E-state index < -0.39 is 23.2 Å². The molecule has 0 aliphatic rings. The van der Waals surface area contributed by atoms with E-state index in [1.807, 2.05) is 0 Å². The normalized spacial score (nSPS) is 12.1. The molecule has 0 bridgehead atoms. The maximum Gasteiger partial charge on any atom is 0.416 e. The van der Waals surface area contributed by atoms with Crippen molar-refractivity contribution in [2.45, 2.75) is 25.9 Å². The molecule has 0 aliphatic heterocycles. The van der Waals surface area contributed by atoms with Crippen LogP contribution in [0.5, 0.6) is 11.5 Å². The molecule has 2 nitrogen and oxygen atoms in total. The summed E-state index contributed by atoms with van der Waals surface area (Å²) in [6.07, 6.45) is -4.57. The lowest BCUT2D eigenvalue weighted by Gasteiger charge is -2.14. The van der Waals surface area contributed by atoms with E-state index >= 15 is 0 Å². The second-order valence-corrected chi connectivity index (χ2v) is 3.58. The predicted molar refractivity (Wildman–Crippen MR) is 48.9 cm³/mol. The van der Waals surface area contributed by atoms with Crippen molar-refractivity contribution >= 4 is 0 Å². The van der Waals surface area contributed by atoms with Gasteiger partial charge in [0.05, 0.1) is 5.56 Å². The first-order chi connectivity index (χ1) is 6.73. The minimum Gasteiger partial charge on any atom is -0.508 e. The summed E-state index contributed by atoms with van der Waals surface area (Å²) in [7, 11) is 0. The van der Waals surface area contributed by atoms with Gasteiger partial charge in [0.15, 0.2) is 0 Å². The highest BCUT2D eigenvalue weighted by molar-refractivity contribution is 5.48. The molecule has 0 radical (unpaired) electrons. The molecule has 1 aromatic rings. The number of hydrogen-bond donors (Lipinski definition) is 2. The molecule has 0 aromatic heterocycles. The van der Waals surface area contributed by atoms with Crippen molar-refractivity contribution in [3.05, 3.63) is 23.3 Å². The third kappa shape index (κ3) is 2.34. The highest BCUT2D eigenvalue weighted by atomic mass is 19.4. The quantitative estimate of drug-likeness (QED) is 0.762. The van der Waals surface area contributed by atoms with Crippen LogP contribution < -0.4 is 0 Å². The summed E-state index contributed by atoms with van der Waals surface area (Å²) in [6, 6.07) is 1.24. The van der Waals surface area contributed by atoms with E-state index in [0.717, 1.165) is 0 Å². The molecule has 0 fully saturated rings. The van der Waals surface area contributed by atoms with Crippen molar-refractivity contribution in [2.24, 2.45) is 0 Å². The zero-order valence-corrected chi connectivity index (χ0v) is 8.26. The average molecular weight is 220 g/mol. The minimum absolute atomic E-state index is 0.128. The highest BCUT2D eigenvalue weighted by Crippen LogP contribution is 2.40. The number of benzene rings is 1. The Bertz CT molecular complexity index is 346. The van der Waals surface area contributed by atoms with Crippen LogP contribution in [0.4, 0.5) is 13.2 Å². The molecular weight excluding hydrogens is 209 g/mol. The van der Waals surface area contributed by atoms with Crippen LogP contribution in [0.3, 0.4) is 0 Å². The molecule has 0 spiro atoms. The fourth-order valence-corrected chi connectivity index (χ4v) is 1.38. The first kappa shape index (κ1) is 11.7. The Labute approximate surface area is 85.0 Å². The topological polar surface area (TPSA) is 40.5 Å². The van der Waals surface area contributed by atoms with Crippen LogP contribution in [0.25, 0.3) is 0 Å². The molecule has 1 aromatic carbocycles. The molecule has 0 unspecified atom stereocenters. The van der Waals surface area contributed by atoms with E-state index in [1.54, 1.807) is 13.8 Å². The van der Waals surface area contributed by atoms with Gasteiger partial charge in [0.25, 0.3) is 0 Å². The van der Waals surface area contributed by atoms with Crippen molar-refractivity contribution in [2.75, 3.05) is 0 Å². The summed E-state index contributed by atoms with van der Waals surface area (Å²) < 4.78 is 36.8. The van der Waals surface area contributed by atoms with Gasteiger partial charge in [0.2, 0.25) is 0 Å². The number of aromatic hydroxyl groups is 2. The number of phenolic OH excluding ortho intramolecular Hbond substituents is 2. The number of halogens is 3. The van der Waals surface area contributed by atoms with Crippen molar-refractivity contribution in [1.29, 1.82) is 0 Å². The predicted octanol–water partition coefficient (Wildman–Crippen LogP) is 3.24. The Hall–Kier alpha value is -1.39. The molecule has 84 valence electrons. The average Bonchev–Trinajstić information content (AvgIpc) is 1.99. The number of phenols is 2. The van der Waals surface area contributed by atoms with E-state index in [9.17, 15) is 23.4 Å². The van der Waals surface area contributed by atoms with Gasteiger partial charge in [-0.25, -0.2) is 0 Å². The monoisotopic (exact) mass is 220 g/mol.